The predicted octanol–water partition coefficient (Wildman–Crippen LogP) is 2.97. The van der Waals surface area contributed by atoms with E-state index in [2.05, 4.69) is 15.5 Å². The summed E-state index contributed by atoms with van der Waals surface area (Å²) in [5.41, 5.74) is 1.10. The third-order valence-corrected chi connectivity index (χ3v) is 4.64. The molecule has 0 radical (unpaired) electrons. The van der Waals surface area contributed by atoms with Gasteiger partial charge in [0.1, 0.15) is 5.75 Å². The number of carbonyl (C=O) groups is 1. The zero-order chi connectivity index (χ0) is 20.1. The Morgan fingerprint density at radius 1 is 1.14 bits per heavy atom. The van der Waals surface area contributed by atoms with Crippen LogP contribution in [0.25, 0.3) is 11.4 Å². The Balaban J connectivity index is 1.55. The first-order chi connectivity index (χ1) is 13.3. The van der Waals surface area contributed by atoms with Crippen molar-refractivity contribution in [2.75, 3.05) is 12.4 Å². The molecule has 0 unspecified atom stereocenters. The second-order valence-corrected chi connectivity index (χ2v) is 7.10. The van der Waals surface area contributed by atoms with E-state index in [1.54, 1.807) is 31.4 Å². The summed E-state index contributed by atoms with van der Waals surface area (Å²) in [5.74, 6) is 1.09. The highest BCUT2D eigenvalue weighted by atomic mass is 32.3. The van der Waals surface area contributed by atoms with Gasteiger partial charge in [-0.3, -0.25) is 4.79 Å². The van der Waals surface area contributed by atoms with Gasteiger partial charge in [-0.15, -0.1) is 3.89 Å². The molecule has 0 saturated heterocycles. The summed E-state index contributed by atoms with van der Waals surface area (Å²) in [6, 6.07) is 11.9. The van der Waals surface area contributed by atoms with E-state index in [-0.39, 0.29) is 18.7 Å². The number of aromatic nitrogens is 2. The molecular formula is C18H16FN3O5S. The summed E-state index contributed by atoms with van der Waals surface area (Å²) in [5, 5.41) is 6.47. The highest BCUT2D eigenvalue weighted by Gasteiger charge is 2.13. The summed E-state index contributed by atoms with van der Waals surface area (Å²) in [7, 11) is -3.19. The number of nitrogens with zero attached hydrogens (tertiary/aromatic N) is 2. The van der Waals surface area contributed by atoms with Gasteiger partial charge in [0, 0.05) is 24.1 Å². The van der Waals surface area contributed by atoms with Crippen LogP contribution in [0.3, 0.4) is 0 Å². The van der Waals surface area contributed by atoms with Crippen molar-refractivity contribution < 1.29 is 26.4 Å². The number of hydrogen-bond acceptors (Lipinski definition) is 7. The maximum Gasteiger partial charge on any atom is 0.332 e. The number of benzene rings is 2. The molecule has 1 amide bonds. The van der Waals surface area contributed by atoms with Crippen molar-refractivity contribution in [1.82, 2.24) is 10.1 Å². The standard InChI is InChI=1S/C18H16FN3O5S/c1-26-14-6-2-12(3-7-14)18-21-17(27-22-18)11-10-16(23)20-13-4-8-15(9-5-13)28(19,24)25/h2-9H,10-11H2,1H3,(H,20,23). The fourth-order valence-corrected chi connectivity index (χ4v) is 2.82. The number of rotatable bonds is 7. The quantitative estimate of drug-likeness (QED) is 0.602. The largest absolute Gasteiger partial charge is 0.497 e. The van der Waals surface area contributed by atoms with Crippen molar-refractivity contribution in [3.05, 3.63) is 54.4 Å². The third kappa shape index (κ3) is 4.92. The average molecular weight is 405 g/mol. The van der Waals surface area contributed by atoms with Gasteiger partial charge >= 0.3 is 10.2 Å². The minimum absolute atomic E-state index is 0.0768. The van der Waals surface area contributed by atoms with Crippen LogP contribution in [-0.4, -0.2) is 31.6 Å². The molecule has 1 N–H and O–H groups in total. The Hall–Kier alpha value is -3.27. The lowest BCUT2D eigenvalue weighted by Crippen LogP contribution is -2.12. The lowest BCUT2D eigenvalue weighted by atomic mass is 10.2. The molecule has 146 valence electrons. The molecule has 8 nitrogen and oxygen atoms in total. The lowest BCUT2D eigenvalue weighted by Gasteiger charge is -2.04. The normalized spacial score (nSPS) is 11.2. The topological polar surface area (TPSA) is 111 Å². The average Bonchev–Trinajstić information content (AvgIpc) is 3.15. The number of aryl methyl sites for hydroxylation is 1. The van der Waals surface area contributed by atoms with Crippen molar-refractivity contribution in [2.24, 2.45) is 0 Å². The van der Waals surface area contributed by atoms with E-state index < -0.39 is 15.1 Å². The molecule has 0 saturated carbocycles. The monoisotopic (exact) mass is 405 g/mol. The van der Waals surface area contributed by atoms with Crippen molar-refractivity contribution in [2.45, 2.75) is 17.7 Å². The molecule has 1 aromatic heterocycles. The van der Waals surface area contributed by atoms with Gasteiger partial charge in [-0.25, -0.2) is 0 Å². The predicted molar refractivity (Wildman–Crippen MR) is 98.0 cm³/mol. The molecule has 0 bridgehead atoms. The number of anilines is 1. The summed E-state index contributed by atoms with van der Waals surface area (Å²) in [6.07, 6.45) is 0.305. The van der Waals surface area contributed by atoms with Gasteiger partial charge in [-0.2, -0.15) is 13.4 Å². The van der Waals surface area contributed by atoms with E-state index in [9.17, 15) is 17.1 Å². The minimum atomic E-state index is -4.77. The van der Waals surface area contributed by atoms with Gasteiger partial charge in [0.15, 0.2) is 0 Å². The minimum Gasteiger partial charge on any atom is -0.497 e. The van der Waals surface area contributed by atoms with Crippen molar-refractivity contribution >= 4 is 21.8 Å². The Morgan fingerprint density at radius 3 is 2.43 bits per heavy atom. The number of amides is 1. The van der Waals surface area contributed by atoms with Gasteiger partial charge in [0.05, 0.1) is 12.0 Å². The van der Waals surface area contributed by atoms with Gasteiger partial charge in [0.25, 0.3) is 0 Å². The first kappa shape index (κ1) is 19.5. The Bertz CT molecular complexity index is 1060. The molecule has 28 heavy (non-hydrogen) atoms. The molecule has 10 heteroatoms. The third-order valence-electron chi connectivity index (χ3n) is 3.80. The van der Waals surface area contributed by atoms with E-state index in [1.807, 2.05) is 0 Å². The van der Waals surface area contributed by atoms with E-state index in [0.717, 1.165) is 17.7 Å². The molecule has 0 aliphatic rings. The van der Waals surface area contributed by atoms with Gasteiger partial charge in [-0.05, 0) is 48.5 Å². The maximum absolute atomic E-state index is 12.8. The first-order valence-electron chi connectivity index (χ1n) is 8.17. The molecule has 3 rings (SSSR count). The molecule has 0 aliphatic carbocycles. The summed E-state index contributed by atoms with van der Waals surface area (Å²) < 4.78 is 44.6. The zero-order valence-corrected chi connectivity index (χ0v) is 15.6. The molecule has 2 aromatic carbocycles. The zero-order valence-electron chi connectivity index (χ0n) is 14.8. The SMILES string of the molecule is COc1ccc(-c2noc(CCC(=O)Nc3ccc(S(=O)(=O)F)cc3)n2)cc1. The molecule has 0 spiro atoms. The van der Waals surface area contributed by atoms with E-state index >= 15 is 0 Å². The number of halogens is 1. The molecule has 0 aliphatic heterocycles. The van der Waals surface area contributed by atoms with Crippen molar-refractivity contribution in [3.63, 3.8) is 0 Å². The van der Waals surface area contributed by atoms with Crippen LogP contribution in [0.4, 0.5) is 9.57 Å². The van der Waals surface area contributed by atoms with Crippen LogP contribution in [0.2, 0.25) is 0 Å². The first-order valence-corrected chi connectivity index (χ1v) is 9.55. The highest BCUT2D eigenvalue weighted by Crippen LogP contribution is 2.20. The summed E-state index contributed by atoms with van der Waals surface area (Å²) in [4.78, 5) is 15.8. The number of hydrogen-bond donors (Lipinski definition) is 1. The molecular weight excluding hydrogens is 389 g/mol. The van der Waals surface area contributed by atoms with E-state index in [4.69, 9.17) is 9.26 Å². The Labute approximate surface area is 160 Å². The number of carbonyl (C=O) groups excluding carboxylic acids is 1. The van der Waals surface area contributed by atoms with Crippen molar-refractivity contribution in [3.8, 4) is 17.1 Å². The summed E-state index contributed by atoms with van der Waals surface area (Å²) >= 11 is 0. The van der Waals surface area contributed by atoms with Crippen LogP contribution in [0.1, 0.15) is 12.3 Å². The second-order valence-electron chi connectivity index (χ2n) is 5.75. The maximum atomic E-state index is 12.8. The highest BCUT2D eigenvalue weighted by molar-refractivity contribution is 7.86. The number of ether oxygens (including phenoxy) is 1. The number of methoxy groups -OCH3 is 1. The van der Waals surface area contributed by atoms with Crippen LogP contribution >= 0.6 is 0 Å². The number of nitrogens with one attached hydrogen (secondary N) is 1. The Kier molecular flexibility index (Phi) is 5.69. The van der Waals surface area contributed by atoms with E-state index in [1.165, 1.54) is 12.1 Å². The molecule has 1 heterocycles. The van der Waals surface area contributed by atoms with Crippen LogP contribution in [-0.2, 0) is 21.4 Å². The fraction of sp³-hybridized carbons (Fsp3) is 0.167. The van der Waals surface area contributed by atoms with Crippen LogP contribution < -0.4 is 10.1 Å². The fourth-order valence-electron chi connectivity index (χ4n) is 2.36. The second kappa shape index (κ2) is 8.17. The lowest BCUT2D eigenvalue weighted by molar-refractivity contribution is -0.116. The van der Waals surface area contributed by atoms with Gasteiger partial charge in [0.2, 0.25) is 17.6 Å². The van der Waals surface area contributed by atoms with Gasteiger partial charge in [-0.1, -0.05) is 5.16 Å². The molecule has 0 atom stereocenters. The molecule has 3 aromatic rings. The van der Waals surface area contributed by atoms with Crippen molar-refractivity contribution in [1.29, 1.82) is 0 Å². The van der Waals surface area contributed by atoms with Gasteiger partial charge < -0.3 is 14.6 Å². The summed E-state index contributed by atoms with van der Waals surface area (Å²) in [6.45, 7) is 0. The van der Waals surface area contributed by atoms with E-state index in [0.29, 0.717) is 23.2 Å². The molecule has 0 fully saturated rings. The van der Waals surface area contributed by atoms with Crippen LogP contribution in [0, 0.1) is 0 Å². The van der Waals surface area contributed by atoms with Crippen LogP contribution in [0.5, 0.6) is 5.75 Å². The Morgan fingerprint density at radius 2 is 1.82 bits per heavy atom. The smallest absolute Gasteiger partial charge is 0.332 e. The van der Waals surface area contributed by atoms with Crippen LogP contribution in [0.15, 0.2) is 57.9 Å².